The summed E-state index contributed by atoms with van der Waals surface area (Å²) in [5, 5.41) is 16.0. The molecule has 0 saturated carbocycles. The molecule has 2 aromatic carbocycles. The van der Waals surface area contributed by atoms with Crippen molar-refractivity contribution < 1.29 is 13.5 Å². The van der Waals surface area contributed by atoms with Crippen LogP contribution < -0.4 is 10.6 Å². The number of aliphatic hydroxyl groups excluding tert-OH is 1. The Kier molecular flexibility index (Phi) is 9.75. The molecule has 0 aliphatic carbocycles. The minimum atomic E-state index is -3.18. The number of guanidine groups is 1. The maximum atomic E-state index is 11.5. The Morgan fingerprint density at radius 2 is 1.70 bits per heavy atom. The zero-order chi connectivity index (χ0) is 19.0. The van der Waals surface area contributed by atoms with E-state index < -0.39 is 9.84 Å². The van der Waals surface area contributed by atoms with Gasteiger partial charge in [-0.2, -0.15) is 0 Å². The molecule has 0 aliphatic rings. The molecule has 0 fully saturated rings. The van der Waals surface area contributed by atoms with E-state index in [0.717, 1.165) is 11.1 Å². The van der Waals surface area contributed by atoms with Crippen LogP contribution >= 0.6 is 24.0 Å². The summed E-state index contributed by atoms with van der Waals surface area (Å²) >= 11 is 0. The molecule has 6 nitrogen and oxygen atoms in total. The summed E-state index contributed by atoms with van der Waals surface area (Å²) in [4.78, 5) is 4.48. The number of rotatable bonds is 7. The number of benzene rings is 2. The number of hydrogen-bond donors (Lipinski definition) is 3. The molecule has 1 atom stereocenters. The predicted octanol–water partition coefficient (Wildman–Crippen LogP) is 2.15. The number of nitrogens with zero attached hydrogens (tertiary/aromatic N) is 1. The Morgan fingerprint density at radius 3 is 2.22 bits per heavy atom. The summed E-state index contributed by atoms with van der Waals surface area (Å²) in [6.07, 6.45) is 1.19. The first-order chi connectivity index (χ1) is 12.4. The van der Waals surface area contributed by atoms with E-state index in [-0.39, 0.29) is 36.5 Å². The summed E-state index contributed by atoms with van der Waals surface area (Å²) < 4.78 is 23.0. The van der Waals surface area contributed by atoms with Gasteiger partial charge in [0.15, 0.2) is 15.8 Å². The van der Waals surface area contributed by atoms with Crippen molar-refractivity contribution in [3.8, 4) is 0 Å². The van der Waals surface area contributed by atoms with E-state index in [1.54, 1.807) is 31.3 Å². The van der Waals surface area contributed by atoms with Gasteiger partial charge in [-0.3, -0.25) is 4.99 Å². The number of nitrogens with one attached hydrogen (secondary N) is 2. The highest BCUT2D eigenvalue weighted by molar-refractivity contribution is 14.0. The highest BCUT2D eigenvalue weighted by Gasteiger charge is 2.11. The molecule has 0 aliphatic heterocycles. The number of aliphatic imine (C=N–C) groups is 1. The van der Waals surface area contributed by atoms with Crippen molar-refractivity contribution in [1.82, 2.24) is 10.6 Å². The lowest BCUT2D eigenvalue weighted by Crippen LogP contribution is -2.39. The molecule has 148 valence electrons. The first kappa shape index (κ1) is 23.4. The van der Waals surface area contributed by atoms with Crippen molar-refractivity contribution in [2.75, 3.05) is 26.5 Å². The van der Waals surface area contributed by atoms with E-state index in [1.165, 1.54) is 6.26 Å². The van der Waals surface area contributed by atoms with Crippen molar-refractivity contribution in [3.05, 3.63) is 65.7 Å². The maximum Gasteiger partial charge on any atom is 0.191 e. The van der Waals surface area contributed by atoms with Crippen LogP contribution in [0, 0.1) is 0 Å². The van der Waals surface area contributed by atoms with Gasteiger partial charge in [-0.05, 0) is 23.3 Å². The zero-order valence-electron chi connectivity index (χ0n) is 15.4. The molecule has 0 aromatic heterocycles. The number of sulfone groups is 1. The van der Waals surface area contributed by atoms with E-state index in [0.29, 0.717) is 23.9 Å². The largest absolute Gasteiger partial charge is 0.396 e. The lowest BCUT2D eigenvalue weighted by Gasteiger charge is -2.18. The molecule has 2 aromatic rings. The fourth-order valence-electron chi connectivity index (χ4n) is 2.49. The quantitative estimate of drug-likeness (QED) is 0.306. The van der Waals surface area contributed by atoms with Gasteiger partial charge in [-0.25, -0.2) is 8.42 Å². The second-order valence-electron chi connectivity index (χ2n) is 6.01. The van der Waals surface area contributed by atoms with Crippen LogP contribution in [-0.4, -0.2) is 45.9 Å². The van der Waals surface area contributed by atoms with Crippen molar-refractivity contribution in [2.45, 2.75) is 17.4 Å². The molecule has 27 heavy (non-hydrogen) atoms. The third-order valence-electron chi connectivity index (χ3n) is 4.04. The maximum absolute atomic E-state index is 11.5. The lowest BCUT2D eigenvalue weighted by molar-refractivity contribution is 0.265. The molecule has 8 heteroatoms. The number of aliphatic hydroxyl groups is 1. The van der Waals surface area contributed by atoms with Gasteiger partial charge < -0.3 is 15.7 Å². The van der Waals surface area contributed by atoms with E-state index in [9.17, 15) is 13.5 Å². The van der Waals surface area contributed by atoms with Crippen LogP contribution in [0.3, 0.4) is 0 Å². The topological polar surface area (TPSA) is 90.8 Å². The summed E-state index contributed by atoms with van der Waals surface area (Å²) in [5.74, 6) is 0.593. The van der Waals surface area contributed by atoms with Crippen LogP contribution in [0.1, 0.15) is 17.0 Å². The van der Waals surface area contributed by atoms with E-state index in [2.05, 4.69) is 15.6 Å². The van der Waals surface area contributed by atoms with Crippen molar-refractivity contribution >= 4 is 39.8 Å². The molecular formula is C19H26IN3O3S. The highest BCUT2D eigenvalue weighted by Crippen LogP contribution is 2.13. The molecule has 0 spiro atoms. The minimum Gasteiger partial charge on any atom is -0.396 e. The standard InChI is InChI=1S/C19H25N3O3S.HI/c1-20-19(22-13-17(14-23)16-6-4-3-5-7-16)21-12-15-8-10-18(11-9-15)26(2,24)25;/h3-11,17,23H,12-14H2,1-2H3,(H2,20,21,22);1H. The molecule has 0 saturated heterocycles. The average Bonchev–Trinajstić information content (AvgIpc) is 2.65. The SMILES string of the molecule is CN=C(NCc1ccc(S(C)(=O)=O)cc1)NCC(CO)c1ccccc1.I. The predicted molar refractivity (Wildman–Crippen MR) is 119 cm³/mol. The van der Waals surface area contributed by atoms with E-state index >= 15 is 0 Å². The van der Waals surface area contributed by atoms with Crippen molar-refractivity contribution in [1.29, 1.82) is 0 Å². The van der Waals surface area contributed by atoms with Gasteiger partial charge in [0.25, 0.3) is 0 Å². The number of hydrogen-bond acceptors (Lipinski definition) is 4. The van der Waals surface area contributed by atoms with Gasteiger partial charge >= 0.3 is 0 Å². The van der Waals surface area contributed by atoms with Crippen LogP contribution in [0.2, 0.25) is 0 Å². The van der Waals surface area contributed by atoms with Crippen LogP contribution in [0.15, 0.2) is 64.5 Å². The van der Waals surface area contributed by atoms with Crippen LogP contribution in [-0.2, 0) is 16.4 Å². The normalized spacial score (nSPS) is 12.8. The first-order valence-electron chi connectivity index (χ1n) is 8.33. The summed E-state index contributed by atoms with van der Waals surface area (Å²) in [6, 6.07) is 16.6. The smallest absolute Gasteiger partial charge is 0.191 e. The van der Waals surface area contributed by atoms with E-state index in [4.69, 9.17) is 0 Å². The second-order valence-corrected chi connectivity index (χ2v) is 8.03. The molecule has 0 bridgehead atoms. The van der Waals surface area contributed by atoms with Crippen LogP contribution in [0.25, 0.3) is 0 Å². The van der Waals surface area contributed by atoms with E-state index in [1.807, 2.05) is 30.3 Å². The fraction of sp³-hybridized carbons (Fsp3) is 0.316. The molecule has 0 heterocycles. The van der Waals surface area contributed by atoms with Crippen molar-refractivity contribution in [2.24, 2.45) is 4.99 Å². The fourth-order valence-corrected chi connectivity index (χ4v) is 3.12. The Balaban J connectivity index is 0.00000364. The average molecular weight is 503 g/mol. The highest BCUT2D eigenvalue weighted by atomic mass is 127. The molecule has 3 N–H and O–H groups in total. The molecular weight excluding hydrogens is 477 g/mol. The third-order valence-corrected chi connectivity index (χ3v) is 5.17. The Hall–Kier alpha value is -1.65. The van der Waals surface area contributed by atoms with Crippen LogP contribution in [0.5, 0.6) is 0 Å². The summed E-state index contributed by atoms with van der Waals surface area (Å²) in [7, 11) is -1.50. The zero-order valence-corrected chi connectivity index (χ0v) is 18.6. The van der Waals surface area contributed by atoms with Gasteiger partial charge in [0.1, 0.15) is 0 Å². The lowest BCUT2D eigenvalue weighted by atomic mass is 10.0. The van der Waals surface area contributed by atoms with Crippen LogP contribution in [0.4, 0.5) is 0 Å². The molecule has 2 rings (SSSR count). The van der Waals surface area contributed by atoms with Gasteiger partial charge in [-0.1, -0.05) is 42.5 Å². The Bertz CT molecular complexity index is 825. The van der Waals surface area contributed by atoms with Gasteiger partial charge in [0.2, 0.25) is 0 Å². The van der Waals surface area contributed by atoms with Gasteiger partial charge in [-0.15, -0.1) is 24.0 Å². The monoisotopic (exact) mass is 503 g/mol. The Labute approximate surface area is 178 Å². The van der Waals surface area contributed by atoms with Crippen molar-refractivity contribution in [3.63, 3.8) is 0 Å². The molecule has 0 amide bonds. The van der Waals surface area contributed by atoms with Gasteiger partial charge in [0, 0.05) is 32.3 Å². The number of halogens is 1. The second kappa shape index (κ2) is 11.3. The van der Waals surface area contributed by atoms with Gasteiger partial charge in [0.05, 0.1) is 11.5 Å². The third kappa shape index (κ3) is 7.47. The first-order valence-corrected chi connectivity index (χ1v) is 10.2. The molecule has 1 unspecified atom stereocenters. The molecule has 0 radical (unpaired) electrons. The minimum absolute atomic E-state index is 0. The summed E-state index contributed by atoms with van der Waals surface area (Å²) in [5.41, 5.74) is 2.01. The summed E-state index contributed by atoms with van der Waals surface area (Å²) in [6.45, 7) is 1.10. The Morgan fingerprint density at radius 1 is 1.07 bits per heavy atom.